The molecule has 1 heterocycles. The highest BCUT2D eigenvalue weighted by atomic mass is 35.5. The first-order valence-corrected chi connectivity index (χ1v) is 5.84. The topological polar surface area (TPSA) is 20.3 Å². The number of carbonyl (C=O) groups is 1. The quantitative estimate of drug-likeness (QED) is 0.740. The van der Waals surface area contributed by atoms with Gasteiger partial charge in [0.25, 0.3) is 0 Å². The maximum atomic E-state index is 11.1. The molecule has 4 heteroatoms. The van der Waals surface area contributed by atoms with Crippen molar-refractivity contribution >= 4 is 33.7 Å². The summed E-state index contributed by atoms with van der Waals surface area (Å²) in [6.45, 7) is 7.54. The van der Waals surface area contributed by atoms with Crippen LogP contribution >= 0.6 is 22.9 Å². The van der Waals surface area contributed by atoms with Gasteiger partial charge in [0.2, 0.25) is 0 Å². The molecule has 0 aromatic carbocycles. The standard InChI is InChI=1S/C10H14ClNOS/c1-4-12(5-2)10-8(11)6-9(14-10)7(3)13/h6H,4-5H2,1-3H3. The van der Waals surface area contributed by atoms with Crippen LogP contribution in [0.1, 0.15) is 30.4 Å². The Kier molecular flexibility index (Phi) is 3.96. The lowest BCUT2D eigenvalue weighted by atomic mass is 10.3. The fourth-order valence-corrected chi connectivity index (χ4v) is 2.74. The summed E-state index contributed by atoms with van der Waals surface area (Å²) in [4.78, 5) is 14.0. The zero-order valence-electron chi connectivity index (χ0n) is 8.63. The van der Waals surface area contributed by atoms with Gasteiger partial charge in [-0.1, -0.05) is 11.6 Å². The molecule has 1 aromatic heterocycles. The minimum atomic E-state index is 0.0790. The lowest BCUT2D eigenvalue weighted by Crippen LogP contribution is -2.20. The Bertz CT molecular complexity index is 331. The van der Waals surface area contributed by atoms with Gasteiger partial charge in [0.15, 0.2) is 5.78 Å². The van der Waals surface area contributed by atoms with Crippen LogP contribution < -0.4 is 4.90 Å². The van der Waals surface area contributed by atoms with Crippen molar-refractivity contribution in [2.24, 2.45) is 0 Å². The third-order valence-corrected chi connectivity index (χ3v) is 3.76. The van der Waals surface area contributed by atoms with E-state index in [-0.39, 0.29) is 5.78 Å². The van der Waals surface area contributed by atoms with E-state index in [1.807, 2.05) is 0 Å². The van der Waals surface area contributed by atoms with Crippen LogP contribution in [-0.2, 0) is 0 Å². The summed E-state index contributed by atoms with van der Waals surface area (Å²) < 4.78 is 0. The van der Waals surface area contributed by atoms with Gasteiger partial charge in [-0.15, -0.1) is 11.3 Å². The van der Waals surface area contributed by atoms with Crippen molar-refractivity contribution in [2.45, 2.75) is 20.8 Å². The maximum Gasteiger partial charge on any atom is 0.169 e. The van der Waals surface area contributed by atoms with Crippen molar-refractivity contribution in [3.63, 3.8) is 0 Å². The first kappa shape index (κ1) is 11.5. The van der Waals surface area contributed by atoms with Crippen molar-refractivity contribution in [3.8, 4) is 0 Å². The van der Waals surface area contributed by atoms with E-state index in [0.29, 0.717) is 5.02 Å². The predicted molar refractivity (Wildman–Crippen MR) is 62.9 cm³/mol. The van der Waals surface area contributed by atoms with Crippen molar-refractivity contribution < 1.29 is 4.79 Å². The molecule has 14 heavy (non-hydrogen) atoms. The number of nitrogens with zero attached hydrogens (tertiary/aromatic N) is 1. The van der Waals surface area contributed by atoms with Gasteiger partial charge in [-0.2, -0.15) is 0 Å². The number of hydrogen-bond donors (Lipinski definition) is 0. The average Bonchev–Trinajstić information content (AvgIpc) is 2.51. The number of rotatable bonds is 4. The SMILES string of the molecule is CCN(CC)c1sc(C(C)=O)cc1Cl. The minimum absolute atomic E-state index is 0.0790. The molecule has 1 rings (SSSR count). The minimum Gasteiger partial charge on any atom is -0.363 e. The highest BCUT2D eigenvalue weighted by Crippen LogP contribution is 2.35. The van der Waals surface area contributed by atoms with E-state index in [1.54, 1.807) is 13.0 Å². The molecule has 0 aliphatic carbocycles. The zero-order valence-corrected chi connectivity index (χ0v) is 10.2. The van der Waals surface area contributed by atoms with E-state index in [0.717, 1.165) is 23.0 Å². The normalized spacial score (nSPS) is 10.3. The molecule has 0 amide bonds. The lowest BCUT2D eigenvalue weighted by molar-refractivity contribution is 0.102. The molecule has 0 fully saturated rings. The van der Waals surface area contributed by atoms with Gasteiger partial charge in [0.1, 0.15) is 5.00 Å². The summed E-state index contributed by atoms with van der Waals surface area (Å²) in [5.41, 5.74) is 0. The molecule has 0 spiro atoms. The van der Waals surface area contributed by atoms with E-state index in [4.69, 9.17) is 11.6 Å². The van der Waals surface area contributed by atoms with Gasteiger partial charge in [-0.3, -0.25) is 4.79 Å². The molecule has 0 saturated carbocycles. The fraction of sp³-hybridized carbons (Fsp3) is 0.500. The van der Waals surface area contributed by atoms with E-state index in [2.05, 4.69) is 18.7 Å². The number of Topliss-reactive ketones (excluding diaryl/α,β-unsaturated/α-hetero) is 1. The second kappa shape index (κ2) is 4.80. The predicted octanol–water partition coefficient (Wildman–Crippen LogP) is 3.45. The summed E-state index contributed by atoms with van der Waals surface area (Å²) in [7, 11) is 0. The average molecular weight is 232 g/mol. The first-order valence-electron chi connectivity index (χ1n) is 4.65. The molecule has 78 valence electrons. The van der Waals surface area contributed by atoms with Crippen LogP contribution in [0.15, 0.2) is 6.07 Å². The lowest BCUT2D eigenvalue weighted by Gasteiger charge is -2.18. The molecule has 0 unspecified atom stereocenters. The number of thiophene rings is 1. The first-order chi connectivity index (χ1) is 6.60. The third kappa shape index (κ3) is 2.28. The van der Waals surface area contributed by atoms with Crippen molar-refractivity contribution in [1.29, 1.82) is 0 Å². The third-order valence-electron chi connectivity index (χ3n) is 2.07. The Morgan fingerprint density at radius 2 is 2.07 bits per heavy atom. The fourth-order valence-electron chi connectivity index (χ4n) is 1.26. The van der Waals surface area contributed by atoms with Crippen LogP contribution in [0.25, 0.3) is 0 Å². The van der Waals surface area contributed by atoms with Crippen molar-refractivity contribution in [3.05, 3.63) is 16.0 Å². The summed E-state index contributed by atoms with van der Waals surface area (Å²) >= 11 is 7.53. The molecule has 0 saturated heterocycles. The molecule has 0 aliphatic heterocycles. The highest BCUT2D eigenvalue weighted by molar-refractivity contribution is 7.18. The summed E-state index contributed by atoms with van der Waals surface area (Å²) in [6.07, 6.45) is 0. The van der Waals surface area contributed by atoms with Crippen LogP contribution in [0.4, 0.5) is 5.00 Å². The molecule has 0 bridgehead atoms. The Balaban J connectivity index is 3.02. The van der Waals surface area contributed by atoms with Crippen LogP contribution in [-0.4, -0.2) is 18.9 Å². The van der Waals surface area contributed by atoms with Crippen LogP contribution in [0.5, 0.6) is 0 Å². The van der Waals surface area contributed by atoms with Gasteiger partial charge < -0.3 is 4.90 Å². The Morgan fingerprint density at radius 1 is 1.50 bits per heavy atom. The molecule has 0 atom stereocenters. The smallest absolute Gasteiger partial charge is 0.169 e. The maximum absolute atomic E-state index is 11.1. The highest BCUT2D eigenvalue weighted by Gasteiger charge is 2.13. The van der Waals surface area contributed by atoms with E-state index < -0.39 is 0 Å². The number of halogens is 1. The number of carbonyl (C=O) groups excluding carboxylic acids is 1. The van der Waals surface area contributed by atoms with Gasteiger partial charge in [0, 0.05) is 13.1 Å². The van der Waals surface area contributed by atoms with Gasteiger partial charge in [-0.05, 0) is 26.8 Å². The number of hydrogen-bond acceptors (Lipinski definition) is 3. The summed E-state index contributed by atoms with van der Waals surface area (Å²) in [5, 5.41) is 1.69. The molecular weight excluding hydrogens is 218 g/mol. The zero-order chi connectivity index (χ0) is 10.7. The number of anilines is 1. The molecule has 0 N–H and O–H groups in total. The van der Waals surface area contributed by atoms with Crippen LogP contribution in [0, 0.1) is 0 Å². The van der Waals surface area contributed by atoms with Gasteiger partial charge in [0.05, 0.1) is 9.90 Å². The second-order valence-electron chi connectivity index (χ2n) is 2.99. The molecular formula is C10H14ClNOS. The largest absolute Gasteiger partial charge is 0.363 e. The second-order valence-corrected chi connectivity index (χ2v) is 4.43. The molecule has 0 aliphatic rings. The molecule has 1 aromatic rings. The van der Waals surface area contributed by atoms with Crippen LogP contribution in [0.2, 0.25) is 5.02 Å². The van der Waals surface area contributed by atoms with E-state index in [1.165, 1.54) is 11.3 Å². The Labute approximate surface area is 93.5 Å². The van der Waals surface area contributed by atoms with Crippen LogP contribution in [0.3, 0.4) is 0 Å². The Morgan fingerprint density at radius 3 is 2.43 bits per heavy atom. The van der Waals surface area contributed by atoms with E-state index in [9.17, 15) is 4.79 Å². The van der Waals surface area contributed by atoms with Crippen molar-refractivity contribution in [2.75, 3.05) is 18.0 Å². The van der Waals surface area contributed by atoms with E-state index >= 15 is 0 Å². The number of ketones is 1. The molecule has 2 nitrogen and oxygen atoms in total. The molecule has 0 radical (unpaired) electrons. The summed E-state index contributed by atoms with van der Waals surface area (Å²) in [6, 6.07) is 1.75. The summed E-state index contributed by atoms with van der Waals surface area (Å²) in [5.74, 6) is 0.0790. The Hall–Kier alpha value is -0.540. The van der Waals surface area contributed by atoms with Gasteiger partial charge in [-0.25, -0.2) is 0 Å². The van der Waals surface area contributed by atoms with Crippen molar-refractivity contribution in [1.82, 2.24) is 0 Å². The van der Waals surface area contributed by atoms with Gasteiger partial charge >= 0.3 is 0 Å². The monoisotopic (exact) mass is 231 g/mol.